The Bertz CT molecular complexity index is 1600. The minimum atomic E-state index is -0.456. The van der Waals surface area contributed by atoms with Crippen LogP contribution < -0.4 is 20.5 Å². The van der Waals surface area contributed by atoms with Gasteiger partial charge in [-0.05, 0) is 19.1 Å². The number of nitrogens with zero attached hydrogens (tertiary/aromatic N) is 4. The topological polar surface area (TPSA) is 99.8 Å². The summed E-state index contributed by atoms with van der Waals surface area (Å²) < 4.78 is 13.2. The van der Waals surface area contributed by atoms with Crippen LogP contribution in [-0.4, -0.2) is 39.3 Å². The molecule has 5 rings (SSSR count). The molecule has 0 saturated carbocycles. The van der Waals surface area contributed by atoms with Gasteiger partial charge in [-0.2, -0.15) is 4.52 Å². The number of carbonyl (C=O) groups is 1. The molecule has 35 heavy (non-hydrogen) atoms. The lowest BCUT2D eigenvalue weighted by Crippen LogP contribution is -2.32. The van der Waals surface area contributed by atoms with E-state index in [-0.39, 0.29) is 12.5 Å². The molecule has 0 spiro atoms. The third-order valence-electron chi connectivity index (χ3n) is 5.70. The zero-order chi connectivity index (χ0) is 24.5. The van der Waals surface area contributed by atoms with Gasteiger partial charge in [0.25, 0.3) is 0 Å². The molecule has 0 aliphatic carbocycles. The van der Waals surface area contributed by atoms with Gasteiger partial charge in [0.1, 0.15) is 18.0 Å². The fraction of sp³-hybridized carbons (Fsp3) is 0.154. The molecule has 0 aliphatic heterocycles. The fourth-order valence-electron chi connectivity index (χ4n) is 3.94. The molecule has 0 saturated heterocycles. The summed E-state index contributed by atoms with van der Waals surface area (Å²) in [5.74, 6) is 1.13. The van der Waals surface area contributed by atoms with Crippen LogP contribution in [-0.2, 0) is 11.3 Å². The second-order valence-electron chi connectivity index (χ2n) is 8.07. The van der Waals surface area contributed by atoms with Gasteiger partial charge in [0.15, 0.2) is 11.5 Å². The highest BCUT2D eigenvalue weighted by atomic mass is 16.5. The number of aryl methyl sites for hydroxylation is 1. The molecule has 0 atom stereocenters. The average molecular weight is 470 g/mol. The monoisotopic (exact) mass is 469 g/mol. The van der Waals surface area contributed by atoms with Gasteiger partial charge in [-0.15, -0.1) is 5.10 Å². The highest BCUT2D eigenvalue weighted by molar-refractivity contribution is 5.95. The van der Waals surface area contributed by atoms with E-state index in [1.54, 1.807) is 24.3 Å². The minimum absolute atomic E-state index is 0.214. The summed E-state index contributed by atoms with van der Waals surface area (Å²) in [4.78, 5) is 31.0. The molecule has 9 nitrogen and oxygen atoms in total. The number of amides is 1. The molecule has 2 heterocycles. The van der Waals surface area contributed by atoms with E-state index in [9.17, 15) is 9.59 Å². The number of methoxy groups -OCH3 is 2. The van der Waals surface area contributed by atoms with Crippen LogP contribution >= 0.6 is 0 Å². The normalized spacial score (nSPS) is 11.1. The number of anilines is 1. The quantitative estimate of drug-likeness (QED) is 0.407. The van der Waals surface area contributed by atoms with Crippen molar-refractivity contribution in [2.24, 2.45) is 0 Å². The molecule has 0 aliphatic rings. The number of nitrogens with one attached hydrogen (secondary N) is 1. The Kier molecular flexibility index (Phi) is 5.66. The van der Waals surface area contributed by atoms with Crippen molar-refractivity contribution in [3.05, 3.63) is 82.8 Å². The molecule has 0 bridgehead atoms. The number of para-hydroxylation sites is 1. The Morgan fingerprint density at radius 2 is 1.66 bits per heavy atom. The Morgan fingerprint density at radius 1 is 0.971 bits per heavy atom. The van der Waals surface area contributed by atoms with E-state index in [4.69, 9.17) is 9.47 Å². The SMILES string of the molecule is COc1cc(NC(=O)Cn2c(=O)n3nc(-c4ccc(C)cc4)nc3c3ccccc32)cc(OC)c1. The van der Waals surface area contributed by atoms with Crippen molar-refractivity contribution in [2.45, 2.75) is 13.5 Å². The third kappa shape index (κ3) is 4.19. The maximum Gasteiger partial charge on any atom is 0.351 e. The van der Waals surface area contributed by atoms with Crippen LogP contribution in [0.2, 0.25) is 0 Å². The van der Waals surface area contributed by atoms with Crippen molar-refractivity contribution >= 4 is 28.1 Å². The van der Waals surface area contributed by atoms with Crippen molar-refractivity contribution < 1.29 is 14.3 Å². The molecule has 9 heteroatoms. The molecule has 3 aromatic carbocycles. The lowest BCUT2D eigenvalue weighted by atomic mass is 10.1. The first-order valence-corrected chi connectivity index (χ1v) is 10.9. The van der Waals surface area contributed by atoms with Gasteiger partial charge in [0.2, 0.25) is 5.91 Å². The van der Waals surface area contributed by atoms with Gasteiger partial charge in [0.05, 0.1) is 19.7 Å². The highest BCUT2D eigenvalue weighted by Gasteiger charge is 2.18. The molecule has 5 aromatic rings. The van der Waals surface area contributed by atoms with E-state index in [1.807, 2.05) is 49.4 Å². The summed E-state index contributed by atoms with van der Waals surface area (Å²) >= 11 is 0. The van der Waals surface area contributed by atoms with Crippen LogP contribution in [0, 0.1) is 6.92 Å². The first-order chi connectivity index (χ1) is 17.0. The Labute approximate surface area is 200 Å². The van der Waals surface area contributed by atoms with Gasteiger partial charge in [0, 0.05) is 34.8 Å². The lowest BCUT2D eigenvalue weighted by Gasteiger charge is -2.12. The number of hydrogen-bond donors (Lipinski definition) is 1. The van der Waals surface area contributed by atoms with Crippen LogP contribution in [0.25, 0.3) is 27.9 Å². The number of carbonyl (C=O) groups excluding carboxylic acids is 1. The molecule has 176 valence electrons. The summed E-state index contributed by atoms with van der Waals surface area (Å²) in [6, 6.07) is 20.2. The fourth-order valence-corrected chi connectivity index (χ4v) is 3.94. The Morgan fingerprint density at radius 3 is 2.34 bits per heavy atom. The summed E-state index contributed by atoms with van der Waals surface area (Å²) in [5, 5.41) is 8.00. The summed E-state index contributed by atoms with van der Waals surface area (Å²) in [5.41, 5.74) is 2.99. The number of rotatable bonds is 6. The van der Waals surface area contributed by atoms with Gasteiger partial charge in [-0.3, -0.25) is 9.36 Å². The second kappa shape index (κ2) is 8.94. The lowest BCUT2D eigenvalue weighted by molar-refractivity contribution is -0.116. The number of hydrogen-bond acceptors (Lipinski definition) is 6. The van der Waals surface area contributed by atoms with Crippen molar-refractivity contribution in [3.63, 3.8) is 0 Å². The maximum absolute atomic E-state index is 13.4. The Hall–Kier alpha value is -4.66. The van der Waals surface area contributed by atoms with Crippen molar-refractivity contribution in [1.82, 2.24) is 19.2 Å². The molecule has 1 N–H and O–H groups in total. The summed E-state index contributed by atoms with van der Waals surface area (Å²) in [6.07, 6.45) is 0. The number of aromatic nitrogens is 4. The Balaban J connectivity index is 1.56. The highest BCUT2D eigenvalue weighted by Crippen LogP contribution is 2.26. The number of benzene rings is 3. The van der Waals surface area contributed by atoms with Crippen LogP contribution in [0.3, 0.4) is 0 Å². The largest absolute Gasteiger partial charge is 0.497 e. The summed E-state index contributed by atoms with van der Waals surface area (Å²) in [7, 11) is 3.06. The van der Waals surface area contributed by atoms with Crippen LogP contribution in [0.1, 0.15) is 5.56 Å². The van der Waals surface area contributed by atoms with Gasteiger partial charge >= 0.3 is 5.69 Å². The van der Waals surface area contributed by atoms with Gasteiger partial charge < -0.3 is 14.8 Å². The van der Waals surface area contributed by atoms with Crippen LogP contribution in [0.5, 0.6) is 11.5 Å². The van der Waals surface area contributed by atoms with Gasteiger partial charge in [-0.25, -0.2) is 9.78 Å². The predicted molar refractivity (Wildman–Crippen MR) is 133 cm³/mol. The first-order valence-electron chi connectivity index (χ1n) is 10.9. The molecule has 0 fully saturated rings. The zero-order valence-corrected chi connectivity index (χ0v) is 19.5. The van der Waals surface area contributed by atoms with E-state index in [1.165, 1.54) is 23.3 Å². The number of fused-ring (bicyclic) bond motifs is 3. The first kappa shape index (κ1) is 22.1. The molecule has 2 aromatic heterocycles. The van der Waals surface area contributed by atoms with Gasteiger partial charge in [-0.1, -0.05) is 42.0 Å². The molecular weight excluding hydrogens is 446 g/mol. The standard InChI is InChI=1S/C26H23N5O4/c1-16-8-10-17(11-9-16)24-28-25-21-6-4-5-7-22(21)30(26(33)31(25)29-24)15-23(32)27-18-12-19(34-2)14-20(13-18)35-3/h4-14H,15H2,1-3H3,(H,27,32). The molecule has 0 radical (unpaired) electrons. The third-order valence-corrected chi connectivity index (χ3v) is 5.70. The average Bonchev–Trinajstić information content (AvgIpc) is 3.32. The van der Waals surface area contributed by atoms with E-state index in [0.717, 1.165) is 11.1 Å². The minimum Gasteiger partial charge on any atom is -0.497 e. The van der Waals surface area contributed by atoms with E-state index in [2.05, 4.69) is 15.4 Å². The molecule has 1 amide bonds. The van der Waals surface area contributed by atoms with E-state index >= 15 is 0 Å². The zero-order valence-electron chi connectivity index (χ0n) is 19.5. The molecular formula is C26H23N5O4. The van der Waals surface area contributed by atoms with Crippen molar-refractivity contribution in [3.8, 4) is 22.9 Å². The number of ether oxygens (including phenoxy) is 2. The maximum atomic E-state index is 13.4. The van der Waals surface area contributed by atoms with E-state index < -0.39 is 5.69 Å². The van der Waals surface area contributed by atoms with Crippen LogP contribution in [0.4, 0.5) is 5.69 Å². The van der Waals surface area contributed by atoms with E-state index in [0.29, 0.717) is 39.6 Å². The van der Waals surface area contributed by atoms with Crippen molar-refractivity contribution in [2.75, 3.05) is 19.5 Å². The smallest absolute Gasteiger partial charge is 0.351 e. The molecule has 0 unspecified atom stereocenters. The van der Waals surface area contributed by atoms with Crippen LogP contribution in [0.15, 0.2) is 71.5 Å². The summed E-state index contributed by atoms with van der Waals surface area (Å²) in [6.45, 7) is 1.79. The predicted octanol–water partition coefficient (Wildman–Crippen LogP) is 3.68. The second-order valence-corrected chi connectivity index (χ2v) is 8.07. The van der Waals surface area contributed by atoms with Crippen molar-refractivity contribution in [1.29, 1.82) is 0 Å².